The van der Waals surface area contributed by atoms with Gasteiger partial charge in [0.05, 0.1) is 16.7 Å². The molecule has 2 aromatic heterocycles. The molecule has 2 amide bonds. The third-order valence-electron chi connectivity index (χ3n) is 4.14. The van der Waals surface area contributed by atoms with E-state index in [-0.39, 0.29) is 21.5 Å². The number of nitrogens with one attached hydrogen (secondary N) is 1. The van der Waals surface area contributed by atoms with E-state index in [1.807, 2.05) is 25.1 Å². The van der Waals surface area contributed by atoms with Crippen molar-refractivity contribution in [3.63, 3.8) is 0 Å². The fraction of sp³-hybridized carbons (Fsp3) is 0.250. The van der Waals surface area contributed by atoms with Crippen LogP contribution >= 0.6 is 34.3 Å². The minimum atomic E-state index is -0.740. The zero-order valence-corrected chi connectivity index (χ0v) is 18.6. The molecule has 9 heteroatoms. The molecular formula is C20H19ClN2O4S2. The summed E-state index contributed by atoms with van der Waals surface area (Å²) in [6.45, 7) is 7.00. The van der Waals surface area contributed by atoms with Crippen LogP contribution < -0.4 is 11.1 Å². The molecule has 2 heterocycles. The van der Waals surface area contributed by atoms with Crippen LogP contribution in [0.3, 0.4) is 0 Å². The van der Waals surface area contributed by atoms with Gasteiger partial charge < -0.3 is 15.8 Å². The number of esters is 1. The summed E-state index contributed by atoms with van der Waals surface area (Å²) in [5.74, 6) is -1.78. The number of thiophene rings is 2. The number of halogens is 1. The Morgan fingerprint density at radius 1 is 1.14 bits per heavy atom. The second-order valence-electron chi connectivity index (χ2n) is 6.78. The molecule has 0 aliphatic heterocycles. The van der Waals surface area contributed by atoms with E-state index in [1.165, 1.54) is 11.3 Å². The minimum absolute atomic E-state index is 0.0899. The monoisotopic (exact) mass is 450 g/mol. The molecule has 1 aromatic carbocycles. The van der Waals surface area contributed by atoms with Gasteiger partial charge >= 0.3 is 5.97 Å². The Labute approximate surface area is 180 Å². The van der Waals surface area contributed by atoms with Crippen molar-refractivity contribution < 1.29 is 19.1 Å². The fourth-order valence-corrected chi connectivity index (χ4v) is 5.44. The number of primary amides is 1. The summed E-state index contributed by atoms with van der Waals surface area (Å²) in [6.07, 6.45) is -0.320. The number of ether oxygens (including phenoxy) is 1. The molecule has 0 saturated carbocycles. The molecule has 6 nitrogen and oxygen atoms in total. The number of amides is 2. The third kappa shape index (κ3) is 4.14. The smallest absolute Gasteiger partial charge is 0.348 e. The molecule has 152 valence electrons. The summed E-state index contributed by atoms with van der Waals surface area (Å²) < 4.78 is 6.10. The highest BCUT2D eigenvalue weighted by Crippen LogP contribution is 2.38. The molecule has 0 aliphatic carbocycles. The molecule has 29 heavy (non-hydrogen) atoms. The van der Waals surface area contributed by atoms with Gasteiger partial charge in [-0.1, -0.05) is 23.7 Å². The van der Waals surface area contributed by atoms with Gasteiger partial charge in [-0.2, -0.15) is 0 Å². The zero-order chi connectivity index (χ0) is 21.5. The lowest BCUT2D eigenvalue weighted by Gasteiger charge is -2.06. The molecule has 0 bridgehead atoms. The van der Waals surface area contributed by atoms with Crippen LogP contribution in [0.15, 0.2) is 18.2 Å². The van der Waals surface area contributed by atoms with E-state index in [2.05, 4.69) is 5.32 Å². The van der Waals surface area contributed by atoms with E-state index in [0.717, 1.165) is 27.0 Å². The number of anilines is 1. The van der Waals surface area contributed by atoms with Crippen LogP contribution in [0, 0.1) is 13.8 Å². The van der Waals surface area contributed by atoms with Crippen LogP contribution in [0.5, 0.6) is 0 Å². The van der Waals surface area contributed by atoms with Crippen LogP contribution in [-0.4, -0.2) is 23.9 Å². The Balaban J connectivity index is 1.99. The Hall–Kier alpha value is -2.42. The quantitative estimate of drug-likeness (QED) is 0.525. The lowest BCUT2D eigenvalue weighted by molar-refractivity contribution is 0.0383. The molecule has 0 unspecified atom stereocenters. The maximum Gasteiger partial charge on any atom is 0.348 e. The molecule has 0 atom stereocenters. The number of benzene rings is 1. The maximum atomic E-state index is 12.9. The van der Waals surface area contributed by atoms with Gasteiger partial charge in [-0.25, -0.2) is 4.79 Å². The van der Waals surface area contributed by atoms with Crippen LogP contribution in [0.1, 0.15) is 54.7 Å². The topological polar surface area (TPSA) is 98.5 Å². The molecule has 3 aromatic rings. The van der Waals surface area contributed by atoms with E-state index >= 15 is 0 Å². The zero-order valence-electron chi connectivity index (χ0n) is 16.2. The number of carbonyl (C=O) groups excluding carboxylic acids is 3. The third-order valence-corrected chi connectivity index (χ3v) is 6.98. The highest BCUT2D eigenvalue weighted by atomic mass is 35.5. The fourth-order valence-electron chi connectivity index (χ4n) is 2.84. The second kappa shape index (κ2) is 8.14. The van der Waals surface area contributed by atoms with Gasteiger partial charge in [-0.15, -0.1) is 22.7 Å². The Morgan fingerprint density at radius 3 is 2.45 bits per heavy atom. The van der Waals surface area contributed by atoms with E-state index in [1.54, 1.807) is 20.8 Å². The van der Waals surface area contributed by atoms with Gasteiger partial charge in [-0.05, 0) is 44.9 Å². The lowest BCUT2D eigenvalue weighted by Crippen LogP contribution is -2.17. The molecule has 3 N–H and O–H groups in total. The SMILES string of the molecule is Cc1ccc2c(Cl)c(C(=O)Nc3sc(C(=O)OC(C)C)c(C)c3C(N)=O)sc2c1. The van der Waals surface area contributed by atoms with E-state index in [4.69, 9.17) is 22.1 Å². The van der Waals surface area contributed by atoms with E-state index < -0.39 is 17.8 Å². The molecule has 3 rings (SSSR count). The van der Waals surface area contributed by atoms with Crippen molar-refractivity contribution in [1.82, 2.24) is 0 Å². The second-order valence-corrected chi connectivity index (χ2v) is 9.23. The number of hydrogen-bond acceptors (Lipinski definition) is 6. The van der Waals surface area contributed by atoms with Gasteiger partial charge in [0.2, 0.25) is 0 Å². The number of rotatable bonds is 5. The highest BCUT2D eigenvalue weighted by Gasteiger charge is 2.27. The molecule has 0 radical (unpaired) electrons. The standard InChI is InChI=1S/C20H19ClN2O4S2/c1-8(2)27-20(26)15-10(4)13(17(22)24)19(29-15)23-18(25)16-14(21)11-6-5-9(3)7-12(11)28-16/h5-8H,1-4H3,(H2,22,24)(H,23,25). The van der Waals surface area contributed by atoms with Gasteiger partial charge in [0.25, 0.3) is 11.8 Å². The first-order valence-electron chi connectivity index (χ1n) is 8.74. The first-order valence-corrected chi connectivity index (χ1v) is 10.8. The van der Waals surface area contributed by atoms with Crippen LogP contribution in [0.4, 0.5) is 5.00 Å². The number of nitrogens with two attached hydrogens (primary N) is 1. The molecule has 0 spiro atoms. The number of hydrogen-bond donors (Lipinski definition) is 2. The maximum absolute atomic E-state index is 12.9. The molecule has 0 saturated heterocycles. The van der Waals surface area contributed by atoms with Crippen molar-refractivity contribution in [2.24, 2.45) is 5.73 Å². The molecular weight excluding hydrogens is 432 g/mol. The Bertz CT molecular complexity index is 1150. The van der Waals surface area contributed by atoms with Crippen LogP contribution in [0.2, 0.25) is 5.02 Å². The van der Waals surface area contributed by atoms with Crippen molar-refractivity contribution in [1.29, 1.82) is 0 Å². The van der Waals surface area contributed by atoms with Crippen LogP contribution in [0.25, 0.3) is 10.1 Å². The van der Waals surface area contributed by atoms with Gasteiger partial charge in [0.1, 0.15) is 14.8 Å². The van der Waals surface area contributed by atoms with Crippen molar-refractivity contribution in [3.8, 4) is 0 Å². The van der Waals surface area contributed by atoms with E-state index in [0.29, 0.717) is 15.5 Å². The first-order chi connectivity index (χ1) is 13.6. The van der Waals surface area contributed by atoms with Gasteiger partial charge in [0.15, 0.2) is 0 Å². The average molecular weight is 451 g/mol. The largest absolute Gasteiger partial charge is 0.459 e. The van der Waals surface area contributed by atoms with E-state index in [9.17, 15) is 14.4 Å². The normalized spacial score (nSPS) is 11.1. The summed E-state index contributed by atoms with van der Waals surface area (Å²) in [6, 6.07) is 5.74. The summed E-state index contributed by atoms with van der Waals surface area (Å²) in [5, 5.41) is 4.01. The van der Waals surface area contributed by atoms with Crippen molar-refractivity contribution >= 4 is 67.1 Å². The average Bonchev–Trinajstić information content (AvgIpc) is 3.11. The van der Waals surface area contributed by atoms with Crippen molar-refractivity contribution in [3.05, 3.63) is 49.7 Å². The minimum Gasteiger partial charge on any atom is -0.459 e. The summed E-state index contributed by atoms with van der Waals surface area (Å²) in [7, 11) is 0. The summed E-state index contributed by atoms with van der Waals surface area (Å²) in [5.41, 5.74) is 7.02. The number of aryl methyl sites for hydroxylation is 1. The highest BCUT2D eigenvalue weighted by molar-refractivity contribution is 7.22. The molecule has 0 fully saturated rings. The van der Waals surface area contributed by atoms with Gasteiger partial charge in [-0.3, -0.25) is 9.59 Å². The predicted molar refractivity (Wildman–Crippen MR) is 118 cm³/mol. The van der Waals surface area contributed by atoms with Crippen molar-refractivity contribution in [2.75, 3.05) is 5.32 Å². The van der Waals surface area contributed by atoms with Crippen molar-refractivity contribution in [2.45, 2.75) is 33.8 Å². The Morgan fingerprint density at radius 2 is 1.83 bits per heavy atom. The number of fused-ring (bicyclic) bond motifs is 1. The lowest BCUT2D eigenvalue weighted by atomic mass is 10.1. The van der Waals surface area contributed by atoms with Crippen LogP contribution in [-0.2, 0) is 4.74 Å². The predicted octanol–water partition coefficient (Wildman–Crippen LogP) is 5.15. The first kappa shape index (κ1) is 21.3. The number of carbonyl (C=O) groups is 3. The Kier molecular flexibility index (Phi) is 5.97. The molecule has 0 aliphatic rings. The summed E-state index contributed by atoms with van der Waals surface area (Å²) in [4.78, 5) is 37.7. The van der Waals surface area contributed by atoms with Gasteiger partial charge in [0, 0.05) is 10.1 Å². The summed E-state index contributed by atoms with van der Waals surface area (Å²) >= 11 is 8.62.